The van der Waals surface area contributed by atoms with Crippen molar-refractivity contribution in [1.82, 2.24) is 4.90 Å². The maximum absolute atomic E-state index is 4.83. The molecule has 0 aromatic heterocycles. The van der Waals surface area contributed by atoms with E-state index in [2.05, 4.69) is 41.1 Å². The van der Waals surface area contributed by atoms with Gasteiger partial charge in [-0.25, -0.2) is 4.99 Å². The summed E-state index contributed by atoms with van der Waals surface area (Å²) in [6.45, 7) is 3.98. The van der Waals surface area contributed by atoms with E-state index in [0.29, 0.717) is 0 Å². The van der Waals surface area contributed by atoms with Crippen LogP contribution < -0.4 is 0 Å². The normalized spacial score (nSPS) is 21.1. The standard InChI is InChI=1S/C15H15N3/c1-10-17-14-12-5-3-2-4-11(12)6-7-13(14)15-16-8-9-18(10)15/h2-5H,6-9H2,1H3. The van der Waals surface area contributed by atoms with Gasteiger partial charge in [0.25, 0.3) is 0 Å². The lowest BCUT2D eigenvalue weighted by atomic mass is 9.88. The fourth-order valence-electron chi connectivity index (χ4n) is 3.10. The molecule has 0 bridgehead atoms. The van der Waals surface area contributed by atoms with E-state index >= 15 is 0 Å². The zero-order valence-electron chi connectivity index (χ0n) is 10.5. The molecule has 1 aromatic carbocycles. The smallest absolute Gasteiger partial charge is 0.134 e. The lowest BCUT2D eigenvalue weighted by Gasteiger charge is -2.31. The summed E-state index contributed by atoms with van der Waals surface area (Å²) in [5.41, 5.74) is 5.22. The number of aliphatic imine (C=N–C) groups is 2. The second-order valence-corrected chi connectivity index (χ2v) is 5.00. The van der Waals surface area contributed by atoms with Gasteiger partial charge in [-0.15, -0.1) is 0 Å². The molecule has 0 spiro atoms. The second kappa shape index (κ2) is 3.55. The molecule has 0 amide bonds. The van der Waals surface area contributed by atoms with Gasteiger partial charge in [0, 0.05) is 17.7 Å². The van der Waals surface area contributed by atoms with Crippen LogP contribution in [0.3, 0.4) is 0 Å². The molecular formula is C15H15N3. The SMILES string of the molecule is CC1=NC2=C(CCc3ccccc32)C2=NCCN12. The van der Waals surface area contributed by atoms with E-state index in [1.807, 2.05) is 0 Å². The van der Waals surface area contributed by atoms with Crippen LogP contribution in [0.25, 0.3) is 5.70 Å². The number of hydrogen-bond donors (Lipinski definition) is 0. The van der Waals surface area contributed by atoms with Crippen LogP contribution in [0.4, 0.5) is 0 Å². The maximum atomic E-state index is 4.83. The highest BCUT2D eigenvalue weighted by Gasteiger charge is 2.32. The molecule has 3 nitrogen and oxygen atoms in total. The molecule has 90 valence electrons. The van der Waals surface area contributed by atoms with Crippen LogP contribution in [0.5, 0.6) is 0 Å². The highest BCUT2D eigenvalue weighted by Crippen LogP contribution is 2.36. The number of amidine groups is 2. The predicted octanol–water partition coefficient (Wildman–Crippen LogP) is 2.49. The van der Waals surface area contributed by atoms with Crippen LogP contribution in [0.1, 0.15) is 24.5 Å². The Morgan fingerprint density at radius 1 is 1.17 bits per heavy atom. The molecule has 0 atom stereocenters. The van der Waals surface area contributed by atoms with Crippen molar-refractivity contribution in [1.29, 1.82) is 0 Å². The summed E-state index contributed by atoms with van der Waals surface area (Å²) < 4.78 is 0. The average Bonchev–Trinajstić information content (AvgIpc) is 2.89. The van der Waals surface area contributed by atoms with Gasteiger partial charge in [-0.05, 0) is 25.3 Å². The largest absolute Gasteiger partial charge is 0.313 e. The lowest BCUT2D eigenvalue weighted by molar-refractivity contribution is 0.652. The molecule has 18 heavy (non-hydrogen) atoms. The Hall–Kier alpha value is -1.90. The Bertz CT molecular complexity index is 622. The summed E-state index contributed by atoms with van der Waals surface area (Å²) in [6, 6.07) is 8.62. The molecule has 2 aliphatic heterocycles. The van der Waals surface area contributed by atoms with Crippen molar-refractivity contribution in [2.75, 3.05) is 13.1 Å². The first kappa shape index (κ1) is 10.1. The average molecular weight is 237 g/mol. The minimum Gasteiger partial charge on any atom is -0.313 e. The van der Waals surface area contributed by atoms with Crippen molar-refractivity contribution in [3.05, 3.63) is 41.0 Å². The number of aryl methyl sites for hydroxylation is 1. The van der Waals surface area contributed by atoms with Crippen molar-refractivity contribution in [3.8, 4) is 0 Å². The molecule has 0 saturated carbocycles. The summed E-state index contributed by atoms with van der Waals surface area (Å²) in [5, 5.41) is 0. The van der Waals surface area contributed by atoms with E-state index in [1.165, 1.54) is 22.5 Å². The fourth-order valence-corrected chi connectivity index (χ4v) is 3.10. The number of rotatable bonds is 0. The van der Waals surface area contributed by atoms with Gasteiger partial charge in [0.05, 0.1) is 12.2 Å². The van der Waals surface area contributed by atoms with E-state index in [-0.39, 0.29) is 0 Å². The van der Waals surface area contributed by atoms with E-state index < -0.39 is 0 Å². The Morgan fingerprint density at radius 3 is 3.00 bits per heavy atom. The molecular weight excluding hydrogens is 222 g/mol. The van der Waals surface area contributed by atoms with Crippen LogP contribution in [0.2, 0.25) is 0 Å². The quantitative estimate of drug-likeness (QED) is 0.681. The molecule has 1 aliphatic carbocycles. The summed E-state index contributed by atoms with van der Waals surface area (Å²) in [4.78, 5) is 11.8. The second-order valence-electron chi connectivity index (χ2n) is 5.00. The Morgan fingerprint density at radius 2 is 2.06 bits per heavy atom. The van der Waals surface area contributed by atoms with E-state index in [1.54, 1.807) is 0 Å². The van der Waals surface area contributed by atoms with E-state index in [0.717, 1.165) is 37.5 Å². The number of fused-ring (bicyclic) bond motifs is 4. The third kappa shape index (κ3) is 1.24. The van der Waals surface area contributed by atoms with Crippen molar-refractivity contribution in [2.24, 2.45) is 9.98 Å². The van der Waals surface area contributed by atoms with Crippen molar-refractivity contribution in [3.63, 3.8) is 0 Å². The highest BCUT2D eigenvalue weighted by molar-refractivity contribution is 6.17. The maximum Gasteiger partial charge on any atom is 0.134 e. The minimum atomic E-state index is 0.903. The van der Waals surface area contributed by atoms with Gasteiger partial charge in [0.1, 0.15) is 11.7 Å². The summed E-state index contributed by atoms with van der Waals surface area (Å²) in [6.07, 6.45) is 2.18. The van der Waals surface area contributed by atoms with Gasteiger partial charge in [0.15, 0.2) is 0 Å². The lowest BCUT2D eigenvalue weighted by Crippen LogP contribution is -2.37. The minimum absolute atomic E-state index is 0.903. The molecule has 0 N–H and O–H groups in total. The molecule has 0 unspecified atom stereocenters. The number of benzene rings is 1. The zero-order valence-corrected chi connectivity index (χ0v) is 10.5. The third-order valence-corrected chi connectivity index (χ3v) is 3.98. The Labute approximate surface area is 107 Å². The molecule has 3 aliphatic rings. The van der Waals surface area contributed by atoms with Crippen molar-refractivity contribution >= 4 is 17.4 Å². The summed E-state index contributed by atoms with van der Waals surface area (Å²) >= 11 is 0. The first-order valence-corrected chi connectivity index (χ1v) is 6.53. The molecule has 3 heteroatoms. The van der Waals surface area contributed by atoms with E-state index in [9.17, 15) is 0 Å². The summed E-state index contributed by atoms with van der Waals surface area (Å²) in [5.74, 6) is 2.26. The molecule has 0 radical (unpaired) electrons. The van der Waals surface area contributed by atoms with Crippen LogP contribution in [-0.4, -0.2) is 29.7 Å². The predicted molar refractivity (Wildman–Crippen MR) is 73.8 cm³/mol. The molecule has 0 saturated heterocycles. The van der Waals surface area contributed by atoms with Crippen molar-refractivity contribution in [2.45, 2.75) is 19.8 Å². The van der Waals surface area contributed by atoms with Gasteiger partial charge < -0.3 is 4.90 Å². The molecule has 4 rings (SSSR count). The van der Waals surface area contributed by atoms with Crippen molar-refractivity contribution < 1.29 is 0 Å². The Balaban J connectivity index is 1.96. The van der Waals surface area contributed by atoms with Gasteiger partial charge in [0.2, 0.25) is 0 Å². The summed E-state index contributed by atoms with van der Waals surface area (Å²) in [7, 11) is 0. The molecule has 2 heterocycles. The topological polar surface area (TPSA) is 28.0 Å². The third-order valence-electron chi connectivity index (χ3n) is 3.98. The van der Waals surface area contributed by atoms with E-state index in [4.69, 9.17) is 4.99 Å². The van der Waals surface area contributed by atoms with Crippen LogP contribution in [0, 0.1) is 0 Å². The highest BCUT2D eigenvalue weighted by atomic mass is 15.3. The van der Waals surface area contributed by atoms with Gasteiger partial charge >= 0.3 is 0 Å². The first-order chi connectivity index (χ1) is 8.84. The molecule has 0 fully saturated rings. The van der Waals surface area contributed by atoms with Gasteiger partial charge in [-0.1, -0.05) is 24.3 Å². The Kier molecular flexibility index (Phi) is 1.98. The van der Waals surface area contributed by atoms with Gasteiger partial charge in [-0.3, -0.25) is 4.99 Å². The number of nitrogens with zero attached hydrogens (tertiary/aromatic N) is 3. The monoisotopic (exact) mass is 237 g/mol. The van der Waals surface area contributed by atoms with Crippen LogP contribution >= 0.6 is 0 Å². The van der Waals surface area contributed by atoms with Gasteiger partial charge in [-0.2, -0.15) is 0 Å². The van der Waals surface area contributed by atoms with Crippen LogP contribution in [0.15, 0.2) is 39.8 Å². The number of hydrogen-bond acceptors (Lipinski definition) is 3. The first-order valence-electron chi connectivity index (χ1n) is 6.53. The van der Waals surface area contributed by atoms with Crippen LogP contribution in [-0.2, 0) is 6.42 Å². The molecule has 1 aromatic rings. The zero-order chi connectivity index (χ0) is 12.1. The fraction of sp³-hybridized carbons (Fsp3) is 0.333.